The highest BCUT2D eigenvalue weighted by atomic mass is 15.3. The average Bonchev–Trinajstić information content (AvgIpc) is 2.78. The van der Waals surface area contributed by atoms with Gasteiger partial charge in [0.1, 0.15) is 0 Å². The van der Waals surface area contributed by atoms with Gasteiger partial charge in [0.25, 0.3) is 0 Å². The zero-order chi connectivity index (χ0) is 12.5. The minimum atomic E-state index is 0.0696. The lowest BCUT2D eigenvalue weighted by molar-refractivity contribution is 0.352. The van der Waals surface area contributed by atoms with Crippen molar-refractivity contribution in [3.05, 3.63) is 18.0 Å². The maximum atomic E-state index is 5.67. The summed E-state index contributed by atoms with van der Waals surface area (Å²) in [6, 6.07) is 0.504. The van der Waals surface area contributed by atoms with Crippen molar-refractivity contribution < 1.29 is 0 Å². The molecule has 1 fully saturated rings. The first-order chi connectivity index (χ1) is 8.00. The van der Waals surface area contributed by atoms with Crippen molar-refractivity contribution in [2.45, 2.75) is 51.1 Å². The first kappa shape index (κ1) is 12.6. The van der Waals surface area contributed by atoms with E-state index in [2.05, 4.69) is 42.1 Å². The number of nitrogens with zero attached hydrogens (tertiary/aromatic N) is 2. The van der Waals surface area contributed by atoms with Crippen LogP contribution in [0.3, 0.4) is 0 Å². The lowest BCUT2D eigenvalue weighted by Gasteiger charge is -2.28. The average molecular weight is 236 g/mol. The minimum absolute atomic E-state index is 0.0696. The van der Waals surface area contributed by atoms with E-state index in [9.17, 15) is 0 Å². The maximum Gasteiger partial charge on any atom is 0.0543 e. The molecule has 2 rings (SSSR count). The number of hydrogen-bond donors (Lipinski definition) is 2. The van der Waals surface area contributed by atoms with Crippen LogP contribution in [0.2, 0.25) is 0 Å². The summed E-state index contributed by atoms with van der Waals surface area (Å²) in [6.45, 7) is 8.29. The van der Waals surface area contributed by atoms with E-state index in [1.165, 1.54) is 18.4 Å². The van der Waals surface area contributed by atoms with Crippen molar-refractivity contribution in [1.29, 1.82) is 0 Å². The van der Waals surface area contributed by atoms with Crippen LogP contribution < -0.4 is 11.1 Å². The fourth-order valence-corrected chi connectivity index (χ4v) is 2.32. The standard InChI is InChI=1S/C13H24N4/c1-13(2,3)17-9-11(8-16-17)10-4-5-12(6-14)15-7-10/h8-10,12,15H,4-7,14H2,1-3H3. The molecule has 4 nitrogen and oxygen atoms in total. The van der Waals surface area contributed by atoms with Gasteiger partial charge in [0.15, 0.2) is 0 Å². The normalized spacial score (nSPS) is 26.1. The second kappa shape index (κ2) is 4.78. The molecule has 0 radical (unpaired) electrons. The molecule has 0 spiro atoms. The Morgan fingerprint density at radius 1 is 1.47 bits per heavy atom. The summed E-state index contributed by atoms with van der Waals surface area (Å²) in [4.78, 5) is 0. The second-order valence-electron chi connectivity index (χ2n) is 6.00. The van der Waals surface area contributed by atoms with Crippen molar-refractivity contribution in [3.8, 4) is 0 Å². The van der Waals surface area contributed by atoms with E-state index in [0.717, 1.165) is 13.1 Å². The monoisotopic (exact) mass is 236 g/mol. The molecule has 0 bridgehead atoms. The van der Waals surface area contributed by atoms with Crippen LogP contribution in [0.1, 0.15) is 45.1 Å². The Hall–Kier alpha value is -0.870. The number of nitrogens with one attached hydrogen (secondary N) is 1. The van der Waals surface area contributed by atoms with Gasteiger partial charge in [-0.15, -0.1) is 0 Å². The molecule has 4 heteroatoms. The molecule has 1 aromatic rings. The molecule has 1 aliphatic rings. The number of aromatic nitrogens is 2. The number of rotatable bonds is 2. The Kier molecular flexibility index (Phi) is 3.54. The van der Waals surface area contributed by atoms with Crippen LogP contribution in [0.4, 0.5) is 0 Å². The fraction of sp³-hybridized carbons (Fsp3) is 0.769. The van der Waals surface area contributed by atoms with Crippen LogP contribution in [0, 0.1) is 0 Å². The third-order valence-electron chi connectivity index (χ3n) is 3.56. The number of piperidine rings is 1. The Labute approximate surface area is 104 Å². The molecule has 0 saturated carbocycles. The summed E-state index contributed by atoms with van der Waals surface area (Å²) in [6.07, 6.45) is 6.59. The largest absolute Gasteiger partial charge is 0.329 e. The van der Waals surface area contributed by atoms with Crippen LogP contribution in [-0.2, 0) is 5.54 Å². The summed E-state index contributed by atoms with van der Waals surface area (Å²) >= 11 is 0. The highest BCUT2D eigenvalue weighted by Gasteiger charge is 2.23. The summed E-state index contributed by atoms with van der Waals surface area (Å²) < 4.78 is 2.05. The lowest BCUT2D eigenvalue weighted by atomic mass is 9.90. The van der Waals surface area contributed by atoms with Crippen molar-refractivity contribution in [3.63, 3.8) is 0 Å². The predicted octanol–water partition coefficient (Wildman–Crippen LogP) is 1.43. The van der Waals surface area contributed by atoms with Crippen LogP contribution in [0.25, 0.3) is 0 Å². The minimum Gasteiger partial charge on any atom is -0.329 e. The van der Waals surface area contributed by atoms with Gasteiger partial charge in [-0.25, -0.2) is 0 Å². The van der Waals surface area contributed by atoms with Gasteiger partial charge in [-0.2, -0.15) is 5.10 Å². The molecule has 2 unspecified atom stereocenters. The van der Waals surface area contributed by atoms with Crippen LogP contribution >= 0.6 is 0 Å². The first-order valence-corrected chi connectivity index (χ1v) is 6.49. The molecular formula is C13H24N4. The molecule has 2 atom stereocenters. The third kappa shape index (κ3) is 2.87. The molecule has 0 aromatic carbocycles. The third-order valence-corrected chi connectivity index (χ3v) is 3.56. The van der Waals surface area contributed by atoms with Gasteiger partial charge in [-0.1, -0.05) is 0 Å². The quantitative estimate of drug-likeness (QED) is 0.817. The van der Waals surface area contributed by atoms with E-state index < -0.39 is 0 Å². The predicted molar refractivity (Wildman–Crippen MR) is 70.0 cm³/mol. The fourth-order valence-electron chi connectivity index (χ4n) is 2.32. The van der Waals surface area contributed by atoms with Crippen LogP contribution in [-0.4, -0.2) is 28.9 Å². The van der Waals surface area contributed by atoms with Crippen molar-refractivity contribution in [1.82, 2.24) is 15.1 Å². The Morgan fingerprint density at radius 3 is 2.71 bits per heavy atom. The molecule has 96 valence electrons. The number of nitrogens with two attached hydrogens (primary N) is 1. The van der Waals surface area contributed by atoms with Crippen molar-refractivity contribution in [2.24, 2.45) is 5.73 Å². The summed E-state index contributed by atoms with van der Waals surface area (Å²) in [5.41, 5.74) is 7.09. The highest BCUT2D eigenvalue weighted by Crippen LogP contribution is 2.26. The number of hydrogen-bond acceptors (Lipinski definition) is 3. The molecule has 17 heavy (non-hydrogen) atoms. The summed E-state index contributed by atoms with van der Waals surface area (Å²) in [7, 11) is 0. The van der Waals surface area contributed by atoms with Gasteiger partial charge in [-0.3, -0.25) is 4.68 Å². The molecule has 0 amide bonds. The lowest BCUT2D eigenvalue weighted by Crippen LogP contribution is -2.42. The van der Waals surface area contributed by atoms with Crippen LogP contribution in [0.15, 0.2) is 12.4 Å². The van der Waals surface area contributed by atoms with E-state index in [-0.39, 0.29) is 5.54 Å². The molecular weight excluding hydrogens is 212 g/mol. The van der Waals surface area contributed by atoms with Gasteiger partial charge < -0.3 is 11.1 Å². The first-order valence-electron chi connectivity index (χ1n) is 6.49. The molecule has 1 aliphatic heterocycles. The Bertz CT molecular complexity index is 356. The van der Waals surface area contributed by atoms with E-state index in [1.807, 2.05) is 6.20 Å². The van der Waals surface area contributed by atoms with E-state index >= 15 is 0 Å². The Morgan fingerprint density at radius 2 is 2.24 bits per heavy atom. The smallest absolute Gasteiger partial charge is 0.0543 e. The van der Waals surface area contributed by atoms with E-state index in [0.29, 0.717) is 12.0 Å². The topological polar surface area (TPSA) is 55.9 Å². The highest BCUT2D eigenvalue weighted by molar-refractivity contribution is 5.14. The Balaban J connectivity index is 2.02. The SMILES string of the molecule is CC(C)(C)n1cc(C2CCC(CN)NC2)cn1. The van der Waals surface area contributed by atoms with Gasteiger partial charge >= 0.3 is 0 Å². The zero-order valence-electron chi connectivity index (χ0n) is 11.1. The van der Waals surface area contributed by atoms with E-state index in [1.54, 1.807) is 0 Å². The van der Waals surface area contributed by atoms with Gasteiger partial charge in [0, 0.05) is 25.3 Å². The molecule has 3 N–H and O–H groups in total. The van der Waals surface area contributed by atoms with E-state index in [4.69, 9.17) is 5.73 Å². The maximum absolute atomic E-state index is 5.67. The molecule has 1 aromatic heterocycles. The van der Waals surface area contributed by atoms with Gasteiger partial charge in [0.2, 0.25) is 0 Å². The van der Waals surface area contributed by atoms with Crippen molar-refractivity contribution >= 4 is 0 Å². The summed E-state index contributed by atoms with van der Waals surface area (Å²) in [5, 5.41) is 7.97. The van der Waals surface area contributed by atoms with Crippen LogP contribution in [0.5, 0.6) is 0 Å². The zero-order valence-corrected chi connectivity index (χ0v) is 11.1. The van der Waals surface area contributed by atoms with Gasteiger partial charge in [0.05, 0.1) is 11.7 Å². The second-order valence-corrected chi connectivity index (χ2v) is 6.00. The molecule has 2 heterocycles. The summed E-state index contributed by atoms with van der Waals surface area (Å²) in [5.74, 6) is 0.592. The molecule has 0 aliphatic carbocycles. The molecule has 1 saturated heterocycles. The van der Waals surface area contributed by atoms with Gasteiger partial charge in [-0.05, 0) is 45.1 Å². The van der Waals surface area contributed by atoms with Crippen molar-refractivity contribution in [2.75, 3.05) is 13.1 Å².